The van der Waals surface area contributed by atoms with Gasteiger partial charge in [0, 0.05) is 36.6 Å². The monoisotopic (exact) mass is 483 g/mol. The van der Waals surface area contributed by atoms with Crippen LogP contribution in [0, 0.1) is 6.92 Å². The summed E-state index contributed by atoms with van der Waals surface area (Å²) in [4.78, 5) is 34.6. The van der Waals surface area contributed by atoms with E-state index in [-0.39, 0.29) is 11.8 Å². The highest BCUT2D eigenvalue weighted by Gasteiger charge is 2.31. The van der Waals surface area contributed by atoms with Crippen molar-refractivity contribution in [3.63, 3.8) is 0 Å². The van der Waals surface area contributed by atoms with Gasteiger partial charge in [-0.05, 0) is 49.4 Å². The lowest BCUT2D eigenvalue weighted by molar-refractivity contribution is -0.114. The van der Waals surface area contributed by atoms with Crippen LogP contribution in [0.1, 0.15) is 27.0 Å². The first kappa shape index (κ1) is 23.4. The van der Waals surface area contributed by atoms with Crippen LogP contribution in [0.25, 0.3) is 6.08 Å². The Morgan fingerprint density at radius 1 is 0.943 bits per heavy atom. The van der Waals surface area contributed by atoms with Gasteiger partial charge >= 0.3 is 0 Å². The third-order valence-corrected chi connectivity index (χ3v) is 7.56. The number of aryl methyl sites for hydroxylation is 1. The zero-order chi connectivity index (χ0) is 24.4. The summed E-state index contributed by atoms with van der Waals surface area (Å²) in [7, 11) is 2.08. The number of benzene rings is 3. The molecule has 2 aliphatic heterocycles. The third kappa shape index (κ3) is 5.19. The lowest BCUT2D eigenvalue weighted by atomic mass is 10.1. The van der Waals surface area contributed by atoms with Crippen LogP contribution in [0.15, 0.2) is 82.6 Å². The highest BCUT2D eigenvalue weighted by atomic mass is 32.2. The van der Waals surface area contributed by atoms with Crippen LogP contribution in [0.4, 0.5) is 5.69 Å². The Kier molecular flexibility index (Phi) is 6.75. The zero-order valence-electron chi connectivity index (χ0n) is 20.1. The molecule has 0 bridgehead atoms. The molecular weight excluding hydrogens is 454 g/mol. The second kappa shape index (κ2) is 10.1. The number of rotatable bonds is 4. The van der Waals surface area contributed by atoms with E-state index in [9.17, 15) is 9.59 Å². The maximum Gasteiger partial charge on any atom is 0.265 e. The number of likely N-dealkylation sites (N-methyl/N-ethyl adjacent to an activating group) is 1. The van der Waals surface area contributed by atoms with Crippen LogP contribution in [0.2, 0.25) is 0 Å². The Hall–Kier alpha value is -3.35. The molecule has 2 heterocycles. The smallest absolute Gasteiger partial charge is 0.265 e. The summed E-state index contributed by atoms with van der Waals surface area (Å²) in [6.45, 7) is 5.69. The predicted molar refractivity (Wildman–Crippen MR) is 142 cm³/mol. The average molecular weight is 484 g/mol. The molecule has 0 atom stereocenters. The molecule has 1 fully saturated rings. The summed E-state index contributed by atoms with van der Waals surface area (Å²) in [6.07, 6.45) is 1.95. The molecule has 0 aromatic heterocycles. The van der Waals surface area contributed by atoms with Crippen LogP contribution in [0.3, 0.4) is 0 Å². The molecule has 2 aliphatic rings. The number of carbonyl (C=O) groups is 2. The van der Waals surface area contributed by atoms with Crippen LogP contribution in [-0.2, 0) is 11.3 Å². The molecule has 35 heavy (non-hydrogen) atoms. The molecule has 0 aliphatic carbocycles. The second-order valence-corrected chi connectivity index (χ2v) is 10.3. The zero-order valence-corrected chi connectivity index (χ0v) is 20.9. The summed E-state index contributed by atoms with van der Waals surface area (Å²) in [6, 6.07) is 23.9. The number of amides is 2. The Labute approximate surface area is 211 Å². The molecule has 5 nitrogen and oxygen atoms in total. The number of hydrogen-bond donors (Lipinski definition) is 0. The van der Waals surface area contributed by atoms with Crippen molar-refractivity contribution in [1.29, 1.82) is 0 Å². The Bertz CT molecular complexity index is 1280. The lowest BCUT2D eigenvalue weighted by Gasteiger charge is -2.34. The van der Waals surface area contributed by atoms with E-state index in [0.29, 0.717) is 17.0 Å². The van der Waals surface area contributed by atoms with Gasteiger partial charge in [-0.1, -0.05) is 71.9 Å². The lowest BCUT2D eigenvalue weighted by Crippen LogP contribution is -2.47. The van der Waals surface area contributed by atoms with E-state index in [0.717, 1.165) is 53.5 Å². The number of carbonyl (C=O) groups excluding carboxylic acids is 2. The Balaban J connectivity index is 1.51. The van der Waals surface area contributed by atoms with Crippen molar-refractivity contribution >= 4 is 35.3 Å². The number of hydrogen-bond acceptors (Lipinski definition) is 4. The van der Waals surface area contributed by atoms with Crippen molar-refractivity contribution in [1.82, 2.24) is 9.80 Å². The Morgan fingerprint density at radius 3 is 2.46 bits per heavy atom. The topological polar surface area (TPSA) is 43.9 Å². The van der Waals surface area contributed by atoms with Gasteiger partial charge in [-0.2, -0.15) is 0 Å². The van der Waals surface area contributed by atoms with Crippen molar-refractivity contribution in [2.45, 2.75) is 18.4 Å². The van der Waals surface area contributed by atoms with E-state index in [1.165, 1.54) is 11.8 Å². The highest BCUT2D eigenvalue weighted by molar-refractivity contribution is 8.04. The minimum absolute atomic E-state index is 0.0273. The van der Waals surface area contributed by atoms with E-state index in [2.05, 4.69) is 31.0 Å². The normalized spacial score (nSPS) is 17.5. The molecule has 178 valence electrons. The van der Waals surface area contributed by atoms with Crippen LogP contribution in [0.5, 0.6) is 0 Å². The van der Waals surface area contributed by atoms with E-state index >= 15 is 0 Å². The molecule has 0 N–H and O–H groups in total. The molecule has 3 aromatic rings. The van der Waals surface area contributed by atoms with Gasteiger partial charge in [0.2, 0.25) is 0 Å². The van der Waals surface area contributed by atoms with Crippen LogP contribution >= 0.6 is 11.8 Å². The highest BCUT2D eigenvalue weighted by Crippen LogP contribution is 2.43. The molecular formula is C29H29N3O2S. The molecule has 6 heteroatoms. The van der Waals surface area contributed by atoms with Gasteiger partial charge in [0.25, 0.3) is 11.8 Å². The summed E-state index contributed by atoms with van der Waals surface area (Å²) in [5.41, 5.74) is 4.63. The number of piperazine rings is 1. The number of fused-ring (bicyclic) bond motifs is 1. The fraction of sp³-hybridized carbons (Fsp3) is 0.241. The van der Waals surface area contributed by atoms with Crippen LogP contribution in [-0.4, -0.2) is 54.8 Å². The molecule has 1 saturated heterocycles. The van der Waals surface area contributed by atoms with Crippen molar-refractivity contribution in [3.8, 4) is 0 Å². The van der Waals surface area contributed by atoms with Crippen molar-refractivity contribution in [3.05, 3.63) is 100.0 Å². The minimum Gasteiger partial charge on any atom is -0.336 e. The fourth-order valence-electron chi connectivity index (χ4n) is 4.49. The standard InChI is InChI=1S/C29H29N3O2S/c1-21-7-6-10-23(17-21)20-32-25-19-24(28(33)31-15-13-30(2)14-16-31)11-12-26(25)35-27(29(32)34)18-22-8-4-3-5-9-22/h3-12,17-19H,13-16,20H2,1-2H3. The van der Waals surface area contributed by atoms with E-state index in [4.69, 9.17) is 0 Å². The third-order valence-electron chi connectivity index (χ3n) is 6.48. The molecule has 5 rings (SSSR count). The SMILES string of the molecule is Cc1cccc(CN2C(=O)C(=Cc3ccccc3)Sc3ccc(C(=O)N4CCN(C)CC4)cc32)c1. The summed E-state index contributed by atoms with van der Waals surface area (Å²) in [5.74, 6) is -0.0171. The van der Waals surface area contributed by atoms with Gasteiger partial charge in [0.1, 0.15) is 0 Å². The molecule has 0 radical (unpaired) electrons. The van der Waals surface area contributed by atoms with Gasteiger partial charge < -0.3 is 14.7 Å². The first-order valence-corrected chi connectivity index (χ1v) is 12.7. The van der Waals surface area contributed by atoms with Gasteiger partial charge in [-0.15, -0.1) is 0 Å². The molecule has 2 amide bonds. The first-order chi connectivity index (χ1) is 17.0. The maximum atomic E-state index is 13.7. The quantitative estimate of drug-likeness (QED) is 0.487. The number of anilines is 1. The predicted octanol–water partition coefficient (Wildman–Crippen LogP) is 5.06. The minimum atomic E-state index is -0.0444. The summed E-state index contributed by atoms with van der Waals surface area (Å²) < 4.78 is 0. The largest absolute Gasteiger partial charge is 0.336 e. The second-order valence-electron chi connectivity index (χ2n) is 9.18. The van der Waals surface area contributed by atoms with Gasteiger partial charge in [-0.3, -0.25) is 9.59 Å². The van der Waals surface area contributed by atoms with Crippen molar-refractivity contribution in [2.24, 2.45) is 0 Å². The first-order valence-electron chi connectivity index (χ1n) is 11.9. The summed E-state index contributed by atoms with van der Waals surface area (Å²) in [5, 5.41) is 0. The maximum absolute atomic E-state index is 13.7. The molecule has 0 unspecified atom stereocenters. The van der Waals surface area contributed by atoms with Crippen molar-refractivity contribution in [2.75, 3.05) is 38.1 Å². The summed E-state index contributed by atoms with van der Waals surface area (Å²) >= 11 is 1.47. The van der Waals surface area contributed by atoms with Gasteiger partial charge in [0.05, 0.1) is 17.1 Å². The van der Waals surface area contributed by atoms with E-state index in [1.807, 2.05) is 76.5 Å². The molecule has 0 saturated carbocycles. The van der Waals surface area contributed by atoms with E-state index in [1.54, 1.807) is 0 Å². The number of thioether (sulfide) groups is 1. The van der Waals surface area contributed by atoms with Crippen LogP contribution < -0.4 is 4.90 Å². The van der Waals surface area contributed by atoms with E-state index < -0.39 is 0 Å². The molecule has 0 spiro atoms. The Morgan fingerprint density at radius 2 is 1.71 bits per heavy atom. The average Bonchev–Trinajstić information content (AvgIpc) is 2.87. The molecule has 3 aromatic carbocycles. The van der Waals surface area contributed by atoms with Gasteiger partial charge in [-0.25, -0.2) is 0 Å². The van der Waals surface area contributed by atoms with Gasteiger partial charge in [0.15, 0.2) is 0 Å². The van der Waals surface area contributed by atoms with Crippen molar-refractivity contribution < 1.29 is 9.59 Å². The number of nitrogens with zero attached hydrogens (tertiary/aromatic N) is 3. The fourth-order valence-corrected chi connectivity index (χ4v) is 5.53.